The lowest BCUT2D eigenvalue weighted by molar-refractivity contribution is -0.0445. The van der Waals surface area contributed by atoms with E-state index in [4.69, 9.17) is 4.74 Å². The van der Waals surface area contributed by atoms with Gasteiger partial charge in [-0.3, -0.25) is 9.78 Å². The lowest BCUT2D eigenvalue weighted by atomic mass is 10.0. The molecule has 0 spiro atoms. The number of carbonyl (C=O) groups is 1. The number of amides is 1. The van der Waals surface area contributed by atoms with Crippen LogP contribution in [-0.4, -0.2) is 41.1 Å². The van der Waals surface area contributed by atoms with Crippen molar-refractivity contribution in [2.45, 2.75) is 45.3 Å². The number of hydrogen-bond acceptors (Lipinski definition) is 3. The normalized spacial score (nSPS) is 24.0. The molecular formula is C19H22N2O2. The number of ether oxygens (including phenoxy) is 1. The minimum Gasteiger partial charge on any atom is -0.374 e. The lowest BCUT2D eigenvalue weighted by Gasteiger charge is -2.37. The van der Waals surface area contributed by atoms with Crippen molar-refractivity contribution >= 4 is 16.8 Å². The number of hydrogen-bond donors (Lipinski definition) is 0. The number of carbonyl (C=O) groups excluding carboxylic acids is 1. The Bertz CT molecular complexity index is 771. The van der Waals surface area contributed by atoms with Crippen molar-refractivity contribution in [1.29, 1.82) is 0 Å². The first-order valence-corrected chi connectivity index (χ1v) is 8.44. The van der Waals surface area contributed by atoms with E-state index in [0.29, 0.717) is 13.2 Å². The summed E-state index contributed by atoms with van der Waals surface area (Å²) in [4.78, 5) is 19.8. The molecule has 2 atom stereocenters. The Hall–Kier alpha value is -1.94. The van der Waals surface area contributed by atoms with Crippen LogP contribution in [0.1, 0.15) is 40.9 Å². The third-order valence-electron chi connectivity index (χ3n) is 5.13. The molecule has 0 unspecified atom stereocenters. The number of aryl methyl sites for hydroxylation is 2. The first-order valence-electron chi connectivity index (χ1n) is 8.44. The molecule has 1 aromatic heterocycles. The fraction of sp³-hybridized carbons (Fsp3) is 0.474. The van der Waals surface area contributed by atoms with Gasteiger partial charge in [-0.1, -0.05) is 11.6 Å². The number of nitrogens with zero attached hydrogens (tertiary/aromatic N) is 2. The molecule has 0 bridgehead atoms. The van der Waals surface area contributed by atoms with Gasteiger partial charge in [0.2, 0.25) is 0 Å². The van der Waals surface area contributed by atoms with Crippen LogP contribution in [-0.2, 0) is 4.74 Å². The minimum atomic E-state index is 0.110. The van der Waals surface area contributed by atoms with Gasteiger partial charge in [-0.05, 0) is 51.3 Å². The molecule has 23 heavy (non-hydrogen) atoms. The van der Waals surface area contributed by atoms with Crippen molar-refractivity contribution in [1.82, 2.24) is 9.88 Å². The average molecular weight is 310 g/mol. The monoisotopic (exact) mass is 310 g/mol. The first-order chi connectivity index (χ1) is 11.1. The Morgan fingerprint density at radius 2 is 2.13 bits per heavy atom. The molecule has 120 valence electrons. The van der Waals surface area contributed by atoms with Crippen molar-refractivity contribution in [2.75, 3.05) is 13.2 Å². The summed E-state index contributed by atoms with van der Waals surface area (Å²) in [5.74, 6) is 0.110. The molecule has 4 nitrogen and oxygen atoms in total. The van der Waals surface area contributed by atoms with E-state index in [1.54, 1.807) is 0 Å². The van der Waals surface area contributed by atoms with Crippen LogP contribution in [0.2, 0.25) is 0 Å². The van der Waals surface area contributed by atoms with Crippen LogP contribution >= 0.6 is 0 Å². The van der Waals surface area contributed by atoms with Gasteiger partial charge in [-0.2, -0.15) is 0 Å². The fourth-order valence-electron chi connectivity index (χ4n) is 3.94. The average Bonchev–Trinajstić information content (AvgIpc) is 3.02. The summed E-state index contributed by atoms with van der Waals surface area (Å²) >= 11 is 0. The molecule has 0 N–H and O–H groups in total. The van der Waals surface area contributed by atoms with E-state index in [9.17, 15) is 4.79 Å². The van der Waals surface area contributed by atoms with Crippen LogP contribution in [0.25, 0.3) is 10.9 Å². The Morgan fingerprint density at radius 1 is 1.26 bits per heavy atom. The molecule has 4 rings (SSSR count). The summed E-state index contributed by atoms with van der Waals surface area (Å²) in [5.41, 5.74) is 3.68. The summed E-state index contributed by atoms with van der Waals surface area (Å²) in [6.07, 6.45) is 3.49. The van der Waals surface area contributed by atoms with Crippen LogP contribution in [0.4, 0.5) is 0 Å². The van der Waals surface area contributed by atoms with E-state index in [0.717, 1.165) is 41.4 Å². The highest BCUT2D eigenvalue weighted by atomic mass is 16.5. The maximum Gasteiger partial charge on any atom is 0.256 e. The van der Waals surface area contributed by atoms with Crippen molar-refractivity contribution in [3.63, 3.8) is 0 Å². The van der Waals surface area contributed by atoms with Gasteiger partial charge in [-0.25, -0.2) is 0 Å². The zero-order valence-electron chi connectivity index (χ0n) is 13.7. The molecule has 1 aliphatic heterocycles. The highest BCUT2D eigenvalue weighted by molar-refractivity contribution is 5.99. The molecule has 2 heterocycles. The summed E-state index contributed by atoms with van der Waals surface area (Å²) in [7, 11) is 0. The van der Waals surface area contributed by atoms with E-state index >= 15 is 0 Å². The Morgan fingerprint density at radius 3 is 3.00 bits per heavy atom. The van der Waals surface area contributed by atoms with Crippen molar-refractivity contribution in [3.05, 3.63) is 41.1 Å². The lowest BCUT2D eigenvalue weighted by Crippen LogP contribution is -2.51. The predicted molar refractivity (Wildman–Crippen MR) is 89.6 cm³/mol. The maximum absolute atomic E-state index is 13.1. The topological polar surface area (TPSA) is 42.4 Å². The van der Waals surface area contributed by atoms with Gasteiger partial charge < -0.3 is 9.64 Å². The number of rotatable bonds is 1. The molecule has 1 aliphatic carbocycles. The van der Waals surface area contributed by atoms with Crippen LogP contribution < -0.4 is 0 Å². The molecule has 1 amide bonds. The first kappa shape index (κ1) is 14.6. The van der Waals surface area contributed by atoms with E-state index in [-0.39, 0.29) is 18.1 Å². The van der Waals surface area contributed by atoms with Gasteiger partial charge >= 0.3 is 0 Å². The SMILES string of the molecule is Cc1ccc2nc(C)c(C(=O)N3CCO[C@H]4CCC[C@H]43)cc2c1. The van der Waals surface area contributed by atoms with Crippen LogP contribution in [0.15, 0.2) is 24.3 Å². The molecule has 2 fully saturated rings. The van der Waals surface area contributed by atoms with Gasteiger partial charge in [0.1, 0.15) is 0 Å². The molecular weight excluding hydrogens is 288 g/mol. The van der Waals surface area contributed by atoms with E-state index in [1.807, 2.05) is 24.0 Å². The standard InChI is InChI=1S/C19H22N2O2/c1-12-6-7-16-14(10-12)11-15(13(2)20-16)19(22)21-8-9-23-18-5-3-4-17(18)21/h6-7,10-11,17-18H,3-5,8-9H2,1-2H3/t17-,18+/m1/s1. The zero-order chi connectivity index (χ0) is 16.0. The van der Waals surface area contributed by atoms with E-state index < -0.39 is 0 Å². The van der Waals surface area contributed by atoms with E-state index in [2.05, 4.69) is 24.0 Å². The Labute approximate surface area is 136 Å². The second-order valence-electron chi connectivity index (χ2n) is 6.72. The third kappa shape index (κ3) is 2.51. The zero-order valence-corrected chi connectivity index (χ0v) is 13.7. The second kappa shape index (κ2) is 5.60. The molecule has 2 aliphatic rings. The van der Waals surface area contributed by atoms with Gasteiger partial charge in [0.15, 0.2) is 0 Å². The molecule has 1 aromatic carbocycles. The summed E-state index contributed by atoms with van der Waals surface area (Å²) in [5, 5.41) is 1.04. The van der Waals surface area contributed by atoms with E-state index in [1.165, 1.54) is 5.56 Å². The molecule has 1 saturated heterocycles. The van der Waals surface area contributed by atoms with Crippen molar-refractivity contribution < 1.29 is 9.53 Å². The predicted octanol–water partition coefficient (Wildman–Crippen LogP) is 3.25. The molecule has 0 radical (unpaired) electrons. The van der Waals surface area contributed by atoms with Crippen molar-refractivity contribution in [2.24, 2.45) is 0 Å². The number of morpholine rings is 1. The maximum atomic E-state index is 13.1. The number of benzene rings is 1. The number of pyridine rings is 1. The largest absolute Gasteiger partial charge is 0.374 e. The summed E-state index contributed by atoms with van der Waals surface area (Å²) in [6, 6.07) is 8.42. The smallest absolute Gasteiger partial charge is 0.256 e. The highest BCUT2D eigenvalue weighted by Crippen LogP contribution is 2.31. The quantitative estimate of drug-likeness (QED) is 0.812. The van der Waals surface area contributed by atoms with Gasteiger partial charge in [-0.15, -0.1) is 0 Å². The highest BCUT2D eigenvalue weighted by Gasteiger charge is 2.39. The van der Waals surface area contributed by atoms with Crippen molar-refractivity contribution in [3.8, 4) is 0 Å². The molecule has 1 saturated carbocycles. The van der Waals surface area contributed by atoms with Gasteiger partial charge in [0, 0.05) is 11.9 Å². The third-order valence-corrected chi connectivity index (χ3v) is 5.13. The molecule has 2 aromatic rings. The van der Waals surface area contributed by atoms with Crippen LogP contribution in [0, 0.1) is 13.8 Å². The Kier molecular flexibility index (Phi) is 3.57. The Balaban J connectivity index is 1.72. The summed E-state index contributed by atoms with van der Waals surface area (Å²) < 4.78 is 5.82. The second-order valence-corrected chi connectivity index (χ2v) is 6.72. The number of fused-ring (bicyclic) bond motifs is 2. The van der Waals surface area contributed by atoms with Gasteiger partial charge in [0.05, 0.1) is 35.5 Å². The molecule has 4 heteroatoms. The fourth-order valence-corrected chi connectivity index (χ4v) is 3.94. The van der Waals surface area contributed by atoms with Crippen LogP contribution in [0.5, 0.6) is 0 Å². The number of aromatic nitrogens is 1. The minimum absolute atomic E-state index is 0.110. The summed E-state index contributed by atoms with van der Waals surface area (Å²) in [6.45, 7) is 5.32. The van der Waals surface area contributed by atoms with Crippen LogP contribution in [0.3, 0.4) is 0 Å². The van der Waals surface area contributed by atoms with Gasteiger partial charge in [0.25, 0.3) is 5.91 Å².